The molecule has 0 aliphatic carbocycles. The molecule has 0 bridgehead atoms. The first-order valence-corrected chi connectivity index (χ1v) is 4.99. The average molecular weight is 262 g/mol. The molecule has 0 aliphatic heterocycles. The number of methoxy groups -OCH3 is 1. The molecule has 0 heterocycles. The molecule has 0 saturated carbocycles. The molecular formula is C11H13F3N2O2. The second kappa shape index (κ2) is 4.85. The molecule has 1 rings (SSSR count). The average Bonchev–Trinajstić information content (AvgIpc) is 2.27. The van der Waals surface area contributed by atoms with Gasteiger partial charge in [-0.25, -0.2) is 0 Å². The van der Waals surface area contributed by atoms with Gasteiger partial charge >= 0.3 is 6.18 Å². The van der Waals surface area contributed by atoms with Crippen molar-refractivity contribution in [3.8, 4) is 5.75 Å². The Labute approximate surface area is 102 Å². The van der Waals surface area contributed by atoms with Crippen LogP contribution in [0.15, 0.2) is 24.3 Å². The third-order valence-corrected chi connectivity index (χ3v) is 2.39. The van der Waals surface area contributed by atoms with E-state index in [0.29, 0.717) is 12.7 Å². The number of nitrogens with two attached hydrogens (primary N) is 1. The first-order valence-electron chi connectivity index (χ1n) is 4.99. The quantitative estimate of drug-likeness (QED) is 0.874. The van der Waals surface area contributed by atoms with Gasteiger partial charge in [-0.1, -0.05) is 6.07 Å². The number of hydrogen-bond acceptors (Lipinski definition) is 3. The number of nitrogens with one attached hydrogen (secondary N) is 1. The Morgan fingerprint density at radius 1 is 1.39 bits per heavy atom. The van der Waals surface area contributed by atoms with Crippen LogP contribution >= 0.6 is 0 Å². The molecule has 1 unspecified atom stereocenters. The molecule has 0 radical (unpaired) electrons. The standard InChI is InChI=1S/C11H13F3N2O2/c1-10(15,11(12,13)14)9(17)16-7-4-3-5-8(6-7)18-2/h3-6H,15H2,1-2H3,(H,16,17). The molecule has 0 aromatic heterocycles. The summed E-state index contributed by atoms with van der Waals surface area (Å²) in [6.07, 6.45) is -4.82. The van der Waals surface area contributed by atoms with E-state index in [-0.39, 0.29) is 5.69 Å². The van der Waals surface area contributed by atoms with E-state index in [0.717, 1.165) is 0 Å². The highest BCUT2D eigenvalue weighted by atomic mass is 19.4. The Hall–Kier alpha value is -1.76. The van der Waals surface area contributed by atoms with Gasteiger partial charge in [-0.15, -0.1) is 0 Å². The number of amides is 1. The van der Waals surface area contributed by atoms with Crippen LogP contribution in [0, 0.1) is 0 Å². The molecule has 0 aliphatic rings. The summed E-state index contributed by atoms with van der Waals surface area (Å²) in [4.78, 5) is 11.5. The Balaban J connectivity index is 2.88. The van der Waals surface area contributed by atoms with Crippen LogP contribution in [0.1, 0.15) is 6.92 Å². The lowest BCUT2D eigenvalue weighted by atomic mass is 10.0. The molecular weight excluding hydrogens is 249 g/mol. The van der Waals surface area contributed by atoms with Crippen molar-refractivity contribution in [1.82, 2.24) is 0 Å². The SMILES string of the molecule is COc1cccc(NC(=O)C(C)(N)C(F)(F)F)c1. The highest BCUT2D eigenvalue weighted by Crippen LogP contribution is 2.29. The van der Waals surface area contributed by atoms with Gasteiger partial charge in [0.05, 0.1) is 7.11 Å². The smallest absolute Gasteiger partial charge is 0.415 e. The van der Waals surface area contributed by atoms with Crippen molar-refractivity contribution in [2.45, 2.75) is 18.6 Å². The predicted molar refractivity (Wildman–Crippen MR) is 60.3 cm³/mol. The minimum atomic E-state index is -4.82. The monoisotopic (exact) mass is 262 g/mol. The fraction of sp³-hybridized carbons (Fsp3) is 0.364. The zero-order valence-electron chi connectivity index (χ0n) is 9.84. The number of carbonyl (C=O) groups excluding carboxylic acids is 1. The molecule has 0 spiro atoms. The van der Waals surface area contributed by atoms with Crippen molar-refractivity contribution in [3.05, 3.63) is 24.3 Å². The first-order chi connectivity index (χ1) is 8.18. The lowest BCUT2D eigenvalue weighted by Gasteiger charge is -2.26. The Kier molecular flexibility index (Phi) is 3.85. The van der Waals surface area contributed by atoms with E-state index in [2.05, 4.69) is 5.32 Å². The zero-order chi connectivity index (χ0) is 14.0. The molecule has 1 amide bonds. The molecule has 1 aromatic carbocycles. The second-order valence-corrected chi connectivity index (χ2v) is 3.89. The fourth-order valence-corrected chi connectivity index (χ4v) is 1.09. The van der Waals surface area contributed by atoms with Crippen LogP contribution in [0.2, 0.25) is 0 Å². The van der Waals surface area contributed by atoms with E-state index < -0.39 is 17.6 Å². The number of ether oxygens (including phenoxy) is 1. The molecule has 3 N–H and O–H groups in total. The summed E-state index contributed by atoms with van der Waals surface area (Å²) in [5.41, 5.74) is 2.22. The third kappa shape index (κ3) is 2.92. The van der Waals surface area contributed by atoms with E-state index in [4.69, 9.17) is 10.5 Å². The number of halogens is 3. The van der Waals surface area contributed by atoms with Crippen LogP contribution < -0.4 is 15.8 Å². The van der Waals surface area contributed by atoms with Crippen molar-refractivity contribution in [1.29, 1.82) is 0 Å². The van der Waals surface area contributed by atoms with Gasteiger partial charge in [0, 0.05) is 11.8 Å². The van der Waals surface area contributed by atoms with Crippen molar-refractivity contribution >= 4 is 11.6 Å². The van der Waals surface area contributed by atoms with E-state index in [1.165, 1.54) is 25.3 Å². The lowest BCUT2D eigenvalue weighted by Crippen LogP contribution is -2.59. The normalized spacial score (nSPS) is 14.8. The van der Waals surface area contributed by atoms with Crippen molar-refractivity contribution in [3.63, 3.8) is 0 Å². The molecule has 0 fully saturated rings. The van der Waals surface area contributed by atoms with Gasteiger partial charge in [0.1, 0.15) is 5.75 Å². The largest absolute Gasteiger partial charge is 0.497 e. The molecule has 18 heavy (non-hydrogen) atoms. The second-order valence-electron chi connectivity index (χ2n) is 3.89. The van der Waals surface area contributed by atoms with Gasteiger partial charge < -0.3 is 15.8 Å². The van der Waals surface area contributed by atoms with Gasteiger partial charge in [-0.3, -0.25) is 4.79 Å². The molecule has 4 nitrogen and oxygen atoms in total. The van der Waals surface area contributed by atoms with Crippen LogP contribution in [-0.2, 0) is 4.79 Å². The maximum Gasteiger partial charge on any atom is 0.415 e. The fourth-order valence-electron chi connectivity index (χ4n) is 1.09. The number of hydrogen-bond donors (Lipinski definition) is 2. The summed E-state index contributed by atoms with van der Waals surface area (Å²) in [7, 11) is 1.41. The number of carbonyl (C=O) groups is 1. The highest BCUT2D eigenvalue weighted by Gasteiger charge is 2.53. The van der Waals surface area contributed by atoms with E-state index in [1.807, 2.05) is 0 Å². The maximum atomic E-state index is 12.5. The topological polar surface area (TPSA) is 64.3 Å². The van der Waals surface area contributed by atoms with Crippen LogP contribution in [0.5, 0.6) is 5.75 Å². The van der Waals surface area contributed by atoms with Crippen molar-refractivity contribution in [2.75, 3.05) is 12.4 Å². The van der Waals surface area contributed by atoms with Gasteiger partial charge in [-0.2, -0.15) is 13.2 Å². The van der Waals surface area contributed by atoms with E-state index >= 15 is 0 Å². The maximum absolute atomic E-state index is 12.5. The Morgan fingerprint density at radius 2 is 2.00 bits per heavy atom. The van der Waals surface area contributed by atoms with E-state index in [1.54, 1.807) is 6.07 Å². The van der Waals surface area contributed by atoms with Crippen molar-refractivity contribution in [2.24, 2.45) is 5.73 Å². The Morgan fingerprint density at radius 3 is 2.50 bits per heavy atom. The minimum Gasteiger partial charge on any atom is -0.497 e. The van der Waals surface area contributed by atoms with Gasteiger partial charge in [0.2, 0.25) is 0 Å². The van der Waals surface area contributed by atoms with Crippen LogP contribution in [0.4, 0.5) is 18.9 Å². The summed E-state index contributed by atoms with van der Waals surface area (Å²) in [6, 6.07) is 5.97. The van der Waals surface area contributed by atoms with Gasteiger partial charge in [-0.05, 0) is 19.1 Å². The highest BCUT2D eigenvalue weighted by molar-refractivity contribution is 5.98. The number of benzene rings is 1. The summed E-state index contributed by atoms with van der Waals surface area (Å²) < 4.78 is 42.4. The summed E-state index contributed by atoms with van der Waals surface area (Å²) >= 11 is 0. The molecule has 100 valence electrons. The zero-order valence-corrected chi connectivity index (χ0v) is 9.84. The first kappa shape index (κ1) is 14.3. The number of alkyl halides is 3. The van der Waals surface area contributed by atoms with Crippen LogP contribution in [0.25, 0.3) is 0 Å². The minimum absolute atomic E-state index is 0.181. The predicted octanol–water partition coefficient (Wildman–Crippen LogP) is 1.91. The lowest BCUT2D eigenvalue weighted by molar-refractivity contribution is -0.184. The van der Waals surface area contributed by atoms with E-state index in [9.17, 15) is 18.0 Å². The van der Waals surface area contributed by atoms with Gasteiger partial charge in [0.15, 0.2) is 5.54 Å². The van der Waals surface area contributed by atoms with Crippen molar-refractivity contribution < 1.29 is 22.7 Å². The van der Waals surface area contributed by atoms with Crippen LogP contribution in [-0.4, -0.2) is 24.7 Å². The van der Waals surface area contributed by atoms with Crippen LogP contribution in [0.3, 0.4) is 0 Å². The summed E-state index contributed by atoms with van der Waals surface area (Å²) in [5, 5.41) is 2.10. The molecule has 1 aromatic rings. The number of anilines is 1. The summed E-state index contributed by atoms with van der Waals surface area (Å²) in [6.45, 7) is 0.614. The molecule has 1 atom stereocenters. The molecule has 0 saturated heterocycles. The van der Waals surface area contributed by atoms with Gasteiger partial charge in [0.25, 0.3) is 5.91 Å². The Bertz CT molecular complexity index is 444. The number of rotatable bonds is 3. The summed E-state index contributed by atoms with van der Waals surface area (Å²) in [5.74, 6) is -0.915. The molecule has 7 heteroatoms. The third-order valence-electron chi connectivity index (χ3n) is 2.39.